The minimum atomic E-state index is 0.383. The lowest BCUT2D eigenvalue weighted by Gasteiger charge is -2.32. The number of halogens is 1. The summed E-state index contributed by atoms with van der Waals surface area (Å²) in [7, 11) is 4.24. The van der Waals surface area contributed by atoms with Gasteiger partial charge in [0, 0.05) is 16.6 Å². The van der Waals surface area contributed by atoms with Crippen molar-refractivity contribution in [1.29, 1.82) is 0 Å². The molecule has 1 aliphatic carbocycles. The molecule has 0 fully saturated rings. The first kappa shape index (κ1) is 16.4. The minimum absolute atomic E-state index is 0.383. The molecule has 0 N–H and O–H groups in total. The van der Waals surface area contributed by atoms with Gasteiger partial charge in [0.1, 0.15) is 12.4 Å². The predicted octanol–water partition coefficient (Wildman–Crippen LogP) is 5.17. The van der Waals surface area contributed by atoms with Crippen LogP contribution in [0.25, 0.3) is 0 Å². The Morgan fingerprint density at radius 3 is 2.57 bits per heavy atom. The van der Waals surface area contributed by atoms with Crippen molar-refractivity contribution in [3.05, 3.63) is 63.7 Å². The molecule has 0 bridgehead atoms. The van der Waals surface area contributed by atoms with Crippen LogP contribution in [0.1, 0.15) is 41.1 Å². The molecule has 0 aliphatic heterocycles. The maximum absolute atomic E-state index is 6.51. The first-order valence-electron chi connectivity index (χ1n) is 8.22. The maximum atomic E-state index is 6.51. The van der Waals surface area contributed by atoms with Gasteiger partial charge in [-0.3, -0.25) is 0 Å². The molecule has 1 atom stereocenters. The highest BCUT2D eigenvalue weighted by atomic mass is 35.5. The van der Waals surface area contributed by atoms with Crippen molar-refractivity contribution < 1.29 is 4.74 Å². The summed E-state index contributed by atoms with van der Waals surface area (Å²) < 4.78 is 6.14. The van der Waals surface area contributed by atoms with Crippen LogP contribution in [0.3, 0.4) is 0 Å². The molecule has 2 aromatic carbocycles. The largest absolute Gasteiger partial charge is 0.489 e. The van der Waals surface area contributed by atoms with Gasteiger partial charge >= 0.3 is 0 Å². The fourth-order valence-corrected chi connectivity index (χ4v) is 3.65. The summed E-state index contributed by atoms with van der Waals surface area (Å²) in [6.07, 6.45) is 3.38. The topological polar surface area (TPSA) is 12.5 Å². The number of nitrogens with zero attached hydrogens (tertiary/aromatic N) is 1. The lowest BCUT2D eigenvalue weighted by Crippen LogP contribution is -2.25. The molecule has 2 aromatic rings. The van der Waals surface area contributed by atoms with E-state index in [0.717, 1.165) is 23.6 Å². The van der Waals surface area contributed by atoms with Gasteiger partial charge in [-0.2, -0.15) is 0 Å². The van der Waals surface area contributed by atoms with E-state index in [4.69, 9.17) is 16.3 Å². The van der Waals surface area contributed by atoms with Gasteiger partial charge in [-0.25, -0.2) is 0 Å². The van der Waals surface area contributed by atoms with Crippen LogP contribution >= 0.6 is 11.6 Å². The highest BCUT2D eigenvalue weighted by Crippen LogP contribution is 2.41. The lowest BCUT2D eigenvalue weighted by molar-refractivity contribution is 0.260. The molecule has 0 aromatic heterocycles. The highest BCUT2D eigenvalue weighted by molar-refractivity contribution is 6.31. The molecule has 0 amide bonds. The van der Waals surface area contributed by atoms with Crippen LogP contribution in [0, 0.1) is 6.92 Å². The van der Waals surface area contributed by atoms with E-state index >= 15 is 0 Å². The summed E-state index contributed by atoms with van der Waals surface area (Å²) >= 11 is 6.51. The van der Waals surface area contributed by atoms with Gasteiger partial charge in [-0.1, -0.05) is 41.4 Å². The number of benzene rings is 2. The van der Waals surface area contributed by atoms with Crippen molar-refractivity contribution in [2.75, 3.05) is 14.1 Å². The highest BCUT2D eigenvalue weighted by Gasteiger charge is 2.27. The number of ether oxygens (including phenoxy) is 1. The van der Waals surface area contributed by atoms with Crippen LogP contribution in [0.4, 0.5) is 0 Å². The zero-order chi connectivity index (χ0) is 16.4. The number of aryl methyl sites for hydroxylation is 1. The van der Waals surface area contributed by atoms with Crippen molar-refractivity contribution >= 4 is 11.6 Å². The van der Waals surface area contributed by atoms with Crippen LogP contribution in [0.15, 0.2) is 36.4 Å². The second-order valence-corrected chi connectivity index (χ2v) is 6.99. The van der Waals surface area contributed by atoms with E-state index in [2.05, 4.69) is 50.2 Å². The molecule has 1 unspecified atom stereocenters. The summed E-state index contributed by atoms with van der Waals surface area (Å²) in [4.78, 5) is 2.26. The molecular formula is C20H24ClNO. The number of hydrogen-bond donors (Lipinski definition) is 0. The molecule has 0 saturated carbocycles. The standard InChI is InChI=1S/C20H24ClNO/c1-14-7-9-15(10-8-14)13-23-19-12-11-17(21)20-16(19)5-4-6-18(20)22(2)3/h7-12,18H,4-6,13H2,1-3H3. The molecular weight excluding hydrogens is 306 g/mol. The van der Waals surface area contributed by atoms with E-state index in [1.807, 2.05) is 12.1 Å². The Labute approximate surface area is 144 Å². The van der Waals surface area contributed by atoms with Crippen LogP contribution < -0.4 is 4.74 Å². The Kier molecular flexibility index (Phi) is 4.93. The Morgan fingerprint density at radius 2 is 1.87 bits per heavy atom. The molecule has 0 saturated heterocycles. The van der Waals surface area contributed by atoms with E-state index in [1.54, 1.807) is 0 Å². The molecule has 23 heavy (non-hydrogen) atoms. The average Bonchev–Trinajstić information content (AvgIpc) is 2.55. The smallest absolute Gasteiger partial charge is 0.123 e. The molecule has 3 rings (SSSR count). The van der Waals surface area contributed by atoms with Crippen molar-refractivity contribution in [3.8, 4) is 5.75 Å². The van der Waals surface area contributed by atoms with Crippen LogP contribution in [-0.4, -0.2) is 19.0 Å². The van der Waals surface area contributed by atoms with Crippen molar-refractivity contribution in [3.63, 3.8) is 0 Å². The number of hydrogen-bond acceptors (Lipinski definition) is 2. The molecule has 3 heteroatoms. The Morgan fingerprint density at radius 1 is 1.13 bits per heavy atom. The number of fused-ring (bicyclic) bond motifs is 1. The lowest BCUT2D eigenvalue weighted by atomic mass is 9.86. The first-order chi connectivity index (χ1) is 11.1. The summed E-state index contributed by atoms with van der Waals surface area (Å²) in [6.45, 7) is 2.70. The van der Waals surface area contributed by atoms with Gasteiger partial charge in [0.2, 0.25) is 0 Å². The third-order valence-electron chi connectivity index (χ3n) is 4.64. The summed E-state index contributed by atoms with van der Waals surface area (Å²) in [5, 5.41) is 0.862. The Balaban J connectivity index is 1.86. The molecule has 122 valence electrons. The quantitative estimate of drug-likeness (QED) is 0.767. The van der Waals surface area contributed by atoms with Crippen LogP contribution in [-0.2, 0) is 13.0 Å². The van der Waals surface area contributed by atoms with E-state index in [1.165, 1.54) is 28.7 Å². The van der Waals surface area contributed by atoms with E-state index in [0.29, 0.717) is 12.6 Å². The van der Waals surface area contributed by atoms with E-state index < -0.39 is 0 Å². The zero-order valence-electron chi connectivity index (χ0n) is 14.1. The summed E-state index contributed by atoms with van der Waals surface area (Å²) in [5.74, 6) is 0.983. The van der Waals surface area contributed by atoms with Gasteiger partial charge in [0.05, 0.1) is 0 Å². The second kappa shape index (κ2) is 6.94. The molecule has 1 aliphatic rings. The first-order valence-corrected chi connectivity index (χ1v) is 8.60. The average molecular weight is 330 g/mol. The van der Waals surface area contributed by atoms with Crippen LogP contribution in [0.5, 0.6) is 5.75 Å². The SMILES string of the molecule is Cc1ccc(COc2ccc(Cl)c3c2CCCC3N(C)C)cc1. The van der Waals surface area contributed by atoms with Crippen molar-refractivity contribution in [1.82, 2.24) is 4.90 Å². The molecule has 0 spiro atoms. The third kappa shape index (κ3) is 3.54. The van der Waals surface area contributed by atoms with Gasteiger partial charge in [0.25, 0.3) is 0 Å². The zero-order valence-corrected chi connectivity index (χ0v) is 14.9. The van der Waals surface area contributed by atoms with E-state index in [-0.39, 0.29) is 0 Å². The predicted molar refractivity (Wildman–Crippen MR) is 96.3 cm³/mol. The van der Waals surface area contributed by atoms with E-state index in [9.17, 15) is 0 Å². The molecule has 0 heterocycles. The maximum Gasteiger partial charge on any atom is 0.123 e. The second-order valence-electron chi connectivity index (χ2n) is 6.58. The summed E-state index contributed by atoms with van der Waals surface area (Å²) in [6, 6.07) is 12.9. The Bertz CT molecular complexity index is 679. The van der Waals surface area contributed by atoms with Crippen molar-refractivity contribution in [2.45, 2.75) is 38.8 Å². The summed E-state index contributed by atoms with van der Waals surface area (Å²) in [5.41, 5.74) is 5.00. The monoisotopic (exact) mass is 329 g/mol. The molecule has 0 radical (unpaired) electrons. The normalized spacial score (nSPS) is 17.2. The van der Waals surface area contributed by atoms with Gasteiger partial charge in [0.15, 0.2) is 0 Å². The van der Waals surface area contributed by atoms with Gasteiger partial charge in [-0.05, 0) is 63.5 Å². The van der Waals surface area contributed by atoms with Crippen molar-refractivity contribution in [2.24, 2.45) is 0 Å². The Hall–Kier alpha value is -1.51. The fraction of sp³-hybridized carbons (Fsp3) is 0.400. The minimum Gasteiger partial charge on any atom is -0.489 e. The van der Waals surface area contributed by atoms with Gasteiger partial charge < -0.3 is 9.64 Å². The third-order valence-corrected chi connectivity index (χ3v) is 4.97. The number of rotatable bonds is 4. The molecule has 2 nitrogen and oxygen atoms in total. The van der Waals surface area contributed by atoms with Gasteiger partial charge in [-0.15, -0.1) is 0 Å². The fourth-order valence-electron chi connectivity index (χ4n) is 3.35. The van der Waals surface area contributed by atoms with Crippen LogP contribution in [0.2, 0.25) is 5.02 Å².